The molecule has 0 fully saturated rings. The molecule has 0 bridgehead atoms. The summed E-state index contributed by atoms with van der Waals surface area (Å²) in [4.78, 5) is 10.6. The van der Waals surface area contributed by atoms with E-state index in [1.165, 1.54) is 0 Å². The van der Waals surface area contributed by atoms with Crippen LogP contribution in [0.1, 0.15) is 19.8 Å². The van der Waals surface area contributed by atoms with Crippen molar-refractivity contribution in [3.8, 4) is 0 Å². The second kappa shape index (κ2) is 5.22. The molecule has 16 heavy (non-hydrogen) atoms. The van der Waals surface area contributed by atoms with Gasteiger partial charge in [-0.1, -0.05) is 6.08 Å². The van der Waals surface area contributed by atoms with Gasteiger partial charge in [0, 0.05) is 12.0 Å². The van der Waals surface area contributed by atoms with E-state index in [1.807, 2.05) is 0 Å². The lowest BCUT2D eigenvalue weighted by Gasteiger charge is -2.07. The zero-order chi connectivity index (χ0) is 13.0. The number of allylic oxidation sites excluding steroid dienone is 1. The standard InChI is InChI=1S/C8H8F6O2/c1-5(3-2-4-7(9,10)11)6(15)16-8(12,13)14/h3H,2,4H2,1H3. The van der Waals surface area contributed by atoms with Crippen LogP contribution in [0.3, 0.4) is 0 Å². The summed E-state index contributed by atoms with van der Waals surface area (Å²) in [6.45, 7) is 0.949. The molecule has 2 nitrogen and oxygen atoms in total. The van der Waals surface area contributed by atoms with Crippen LogP contribution in [-0.4, -0.2) is 18.5 Å². The zero-order valence-corrected chi connectivity index (χ0v) is 8.08. The molecule has 0 aromatic heterocycles. The maximum absolute atomic E-state index is 11.7. The molecule has 0 heterocycles. The lowest BCUT2D eigenvalue weighted by molar-refractivity contribution is -0.303. The van der Waals surface area contributed by atoms with E-state index in [0.717, 1.165) is 13.0 Å². The van der Waals surface area contributed by atoms with E-state index in [0.29, 0.717) is 0 Å². The molecule has 0 aliphatic carbocycles. The number of alkyl halides is 6. The fourth-order valence-electron chi connectivity index (χ4n) is 0.721. The monoisotopic (exact) mass is 250 g/mol. The maximum atomic E-state index is 11.7. The van der Waals surface area contributed by atoms with Crippen molar-refractivity contribution in [2.24, 2.45) is 0 Å². The van der Waals surface area contributed by atoms with E-state index in [4.69, 9.17) is 0 Å². The van der Waals surface area contributed by atoms with Crippen LogP contribution in [0.4, 0.5) is 26.3 Å². The lowest BCUT2D eigenvalue weighted by Crippen LogP contribution is -2.20. The number of hydrogen-bond donors (Lipinski definition) is 0. The van der Waals surface area contributed by atoms with Crippen molar-refractivity contribution in [1.82, 2.24) is 0 Å². The molecular formula is C8H8F6O2. The Morgan fingerprint density at radius 1 is 1.19 bits per heavy atom. The predicted octanol–water partition coefficient (Wildman–Crippen LogP) is 3.34. The molecule has 0 rings (SSSR count). The van der Waals surface area contributed by atoms with Gasteiger partial charge in [-0.2, -0.15) is 13.2 Å². The van der Waals surface area contributed by atoms with E-state index in [-0.39, 0.29) is 0 Å². The first kappa shape index (κ1) is 14.8. The first-order valence-electron chi connectivity index (χ1n) is 4.05. The van der Waals surface area contributed by atoms with Crippen LogP contribution < -0.4 is 0 Å². The zero-order valence-electron chi connectivity index (χ0n) is 8.08. The van der Waals surface area contributed by atoms with Crippen molar-refractivity contribution in [2.45, 2.75) is 32.3 Å². The van der Waals surface area contributed by atoms with E-state index < -0.39 is 36.9 Å². The number of carbonyl (C=O) groups is 1. The molecule has 0 aliphatic rings. The minimum atomic E-state index is -5.13. The molecule has 94 valence electrons. The quantitative estimate of drug-likeness (QED) is 0.436. The summed E-state index contributed by atoms with van der Waals surface area (Å²) in [6, 6.07) is 0. The summed E-state index contributed by atoms with van der Waals surface area (Å²) >= 11 is 0. The van der Waals surface area contributed by atoms with Crippen molar-refractivity contribution in [2.75, 3.05) is 0 Å². The summed E-state index contributed by atoms with van der Waals surface area (Å²) in [5.74, 6) is -1.70. The molecule has 0 aromatic carbocycles. The molecule has 0 radical (unpaired) electrons. The van der Waals surface area contributed by atoms with Gasteiger partial charge >= 0.3 is 18.5 Å². The van der Waals surface area contributed by atoms with E-state index in [1.54, 1.807) is 0 Å². The molecule has 0 amide bonds. The van der Waals surface area contributed by atoms with Gasteiger partial charge in [0.2, 0.25) is 0 Å². The molecule has 0 spiro atoms. The smallest absolute Gasteiger partial charge is 0.369 e. The molecule has 0 unspecified atom stereocenters. The number of carbonyl (C=O) groups excluding carboxylic acids is 1. The Labute approximate surface area is 86.9 Å². The molecule has 0 saturated carbocycles. The van der Waals surface area contributed by atoms with E-state index in [2.05, 4.69) is 4.74 Å². The highest BCUT2D eigenvalue weighted by atomic mass is 19.4. The third-order valence-corrected chi connectivity index (χ3v) is 1.41. The van der Waals surface area contributed by atoms with Gasteiger partial charge in [0.25, 0.3) is 0 Å². The molecule has 8 heteroatoms. The summed E-state index contributed by atoms with van der Waals surface area (Å²) in [7, 11) is 0. The highest BCUT2D eigenvalue weighted by Crippen LogP contribution is 2.22. The van der Waals surface area contributed by atoms with Crippen LogP contribution in [0.5, 0.6) is 0 Å². The second-order valence-electron chi connectivity index (χ2n) is 2.88. The highest BCUT2D eigenvalue weighted by Gasteiger charge is 2.34. The van der Waals surface area contributed by atoms with Gasteiger partial charge in [-0.15, -0.1) is 13.2 Å². The summed E-state index contributed by atoms with van der Waals surface area (Å²) in [5.41, 5.74) is -0.512. The van der Waals surface area contributed by atoms with Crippen molar-refractivity contribution >= 4 is 5.97 Å². The Kier molecular flexibility index (Phi) is 4.82. The van der Waals surface area contributed by atoms with Gasteiger partial charge in [-0.3, -0.25) is 0 Å². The van der Waals surface area contributed by atoms with Gasteiger partial charge in [0.1, 0.15) is 0 Å². The minimum Gasteiger partial charge on any atom is -0.369 e. The van der Waals surface area contributed by atoms with Crippen molar-refractivity contribution in [3.05, 3.63) is 11.6 Å². The number of esters is 1. The fraction of sp³-hybridized carbons (Fsp3) is 0.625. The van der Waals surface area contributed by atoms with Crippen LogP contribution in [-0.2, 0) is 9.53 Å². The first-order valence-corrected chi connectivity index (χ1v) is 4.05. The largest absolute Gasteiger partial charge is 0.575 e. The van der Waals surface area contributed by atoms with Crippen molar-refractivity contribution < 1.29 is 35.9 Å². The Balaban J connectivity index is 4.19. The Bertz CT molecular complexity index is 275. The maximum Gasteiger partial charge on any atom is 0.575 e. The van der Waals surface area contributed by atoms with E-state index >= 15 is 0 Å². The Morgan fingerprint density at radius 3 is 2.06 bits per heavy atom. The summed E-state index contributed by atoms with van der Waals surface area (Å²) in [6.07, 6.45) is -10.6. The van der Waals surface area contributed by atoms with Gasteiger partial charge in [-0.05, 0) is 13.3 Å². The third kappa shape index (κ3) is 8.13. The summed E-state index contributed by atoms with van der Waals surface area (Å²) < 4.78 is 72.5. The average Bonchev–Trinajstić information content (AvgIpc) is 1.98. The van der Waals surface area contributed by atoms with Crippen molar-refractivity contribution in [3.63, 3.8) is 0 Å². The third-order valence-electron chi connectivity index (χ3n) is 1.41. The predicted molar refractivity (Wildman–Crippen MR) is 41.2 cm³/mol. The molecule has 0 N–H and O–H groups in total. The van der Waals surface area contributed by atoms with Gasteiger partial charge in [-0.25, -0.2) is 4.79 Å². The SMILES string of the molecule is CC(=CCCC(F)(F)F)C(=O)OC(F)(F)F. The van der Waals surface area contributed by atoms with Crippen molar-refractivity contribution in [1.29, 1.82) is 0 Å². The minimum absolute atomic E-state index is 0.512. The Hall–Kier alpha value is -1.21. The van der Waals surface area contributed by atoms with Gasteiger partial charge in [0.05, 0.1) is 0 Å². The van der Waals surface area contributed by atoms with Crippen LogP contribution in [0.25, 0.3) is 0 Å². The van der Waals surface area contributed by atoms with Crippen LogP contribution in [0.2, 0.25) is 0 Å². The number of halogens is 6. The summed E-state index contributed by atoms with van der Waals surface area (Å²) in [5, 5.41) is 0. The molecule has 0 aliphatic heterocycles. The van der Waals surface area contributed by atoms with Crippen LogP contribution in [0, 0.1) is 0 Å². The second-order valence-corrected chi connectivity index (χ2v) is 2.88. The molecule has 0 aromatic rings. The molecular weight excluding hydrogens is 242 g/mol. The van der Waals surface area contributed by atoms with Crippen LogP contribution >= 0.6 is 0 Å². The number of rotatable bonds is 3. The lowest BCUT2D eigenvalue weighted by atomic mass is 10.2. The molecule has 0 saturated heterocycles. The normalized spacial score (nSPS) is 13.8. The van der Waals surface area contributed by atoms with Crippen LogP contribution in [0.15, 0.2) is 11.6 Å². The highest BCUT2D eigenvalue weighted by molar-refractivity contribution is 5.87. The fourth-order valence-corrected chi connectivity index (χ4v) is 0.721. The number of hydrogen-bond acceptors (Lipinski definition) is 2. The van der Waals surface area contributed by atoms with Gasteiger partial charge < -0.3 is 4.74 Å². The topological polar surface area (TPSA) is 26.3 Å². The van der Waals surface area contributed by atoms with Gasteiger partial charge in [0.15, 0.2) is 0 Å². The molecule has 0 atom stereocenters. The Morgan fingerprint density at radius 2 is 1.69 bits per heavy atom. The van der Waals surface area contributed by atoms with E-state index in [9.17, 15) is 31.1 Å². The number of ether oxygens (including phenoxy) is 1. The first-order chi connectivity index (χ1) is 7.01. The average molecular weight is 250 g/mol.